The number of ether oxygens (including phenoxy) is 1. The van der Waals surface area contributed by atoms with E-state index >= 15 is 0 Å². The molecule has 0 aliphatic carbocycles. The van der Waals surface area contributed by atoms with Gasteiger partial charge in [-0.25, -0.2) is 19.3 Å². The molecule has 6 N–H and O–H groups in total. The zero-order valence-corrected chi connectivity index (χ0v) is 38.1. The van der Waals surface area contributed by atoms with Crippen molar-refractivity contribution in [1.29, 1.82) is 0 Å². The van der Waals surface area contributed by atoms with Gasteiger partial charge in [0.1, 0.15) is 53.6 Å². The Hall–Kier alpha value is -3.43. The van der Waals surface area contributed by atoms with Crippen molar-refractivity contribution in [2.75, 3.05) is 37.8 Å². The Balaban J connectivity index is 1.40. The van der Waals surface area contributed by atoms with Crippen molar-refractivity contribution in [3.63, 3.8) is 0 Å². The number of carbonyl (C=O) groups is 6. The van der Waals surface area contributed by atoms with Gasteiger partial charge < -0.3 is 69.0 Å². The summed E-state index contributed by atoms with van der Waals surface area (Å²) in [7, 11) is -17.7. The van der Waals surface area contributed by atoms with E-state index in [1.807, 2.05) is 6.92 Å². The largest absolute Gasteiger partial charge is 0.790 e. The number of Topliss-reactive ketones (excluding diaryl/α,β-unsaturated/α-hetero) is 3. The number of carbonyl (C=O) groups excluding carboxylic acids is 6. The number of aliphatic hydroxyl groups excluding tert-OH is 2. The minimum atomic E-state index is -5.95. The number of unbranched alkanes of at least 4 members (excludes halogenated alkanes) is 2. The smallest absolute Gasteiger partial charge is 0.274 e. The maximum atomic E-state index is 12.6. The number of rotatable bonds is 29. The monoisotopic (exact) mass is 987 g/mol. The zero-order valence-electron chi connectivity index (χ0n) is 34.6. The van der Waals surface area contributed by atoms with Crippen molar-refractivity contribution in [2.45, 2.75) is 103 Å². The fraction of sp³-hybridized carbons (Fsp3) is 0.667. The second-order valence-corrected chi connectivity index (χ2v) is 20.0. The Labute approximate surface area is 369 Å². The Bertz CT molecular complexity index is 2140. The van der Waals surface area contributed by atoms with Crippen LogP contribution in [0.5, 0.6) is 0 Å². The number of aliphatic hydroxyl groups is 2. The third-order valence-corrected chi connectivity index (χ3v) is 12.8. The summed E-state index contributed by atoms with van der Waals surface area (Å²) in [6, 6.07) is 0. The average Bonchev–Trinajstić information content (AvgIpc) is 3.74. The molecule has 7 atom stereocenters. The Kier molecular flexibility index (Phi) is 20.9. The number of imidazole rings is 1. The number of nitrogen functional groups attached to an aromatic ring is 1. The van der Waals surface area contributed by atoms with Gasteiger partial charge in [0.2, 0.25) is 11.8 Å². The van der Waals surface area contributed by atoms with Crippen molar-refractivity contribution >= 4 is 86.5 Å². The summed E-state index contributed by atoms with van der Waals surface area (Å²) in [5, 5.41) is 25.6. The van der Waals surface area contributed by atoms with Gasteiger partial charge in [0.25, 0.3) is 15.6 Å². The molecule has 1 fully saturated rings. The number of phosphoric ester groups is 3. The van der Waals surface area contributed by atoms with E-state index in [0.29, 0.717) is 6.42 Å². The molecule has 3 heterocycles. The first-order valence-corrected chi connectivity index (χ1v) is 24.6. The number of hydrogen-bond acceptors (Lipinski definition) is 25. The summed E-state index contributed by atoms with van der Waals surface area (Å²) in [5.74, 6) is -3.12. The van der Waals surface area contributed by atoms with Gasteiger partial charge in [-0.1, -0.05) is 45.4 Å². The standard InChI is InChI=1S/C33H52N7O20P3S/c1-4-5-6-7-19(41)12-20(42)13-21(43)14-24(45)64-11-10-35-23(44)8-9-36-31(48)28(47)33(2,3)16-57-63(54,55)60-62(52,53)56-15-22-27(59-61(49,50)51)26(46)32(58-22)40-18-39-25-29(34)37-17-38-30(25)40/h17-18,22,26-28,32,46-47H,4-16H2,1-3H3,(H,35,44)(H,36,48)(H,52,53)(H,54,55)(H2,34,37,38)(H2,49,50,51)/p-4/t22-,26-,27-,28+,32-/m1/s1. The molecular weight excluding hydrogens is 939 g/mol. The number of fused-ring (bicyclic) bond motifs is 1. The van der Waals surface area contributed by atoms with Crippen LogP contribution in [0.4, 0.5) is 5.82 Å². The number of aromatic nitrogens is 4. The molecule has 2 amide bonds. The summed E-state index contributed by atoms with van der Waals surface area (Å²) in [6.07, 6.45) is -6.62. The van der Waals surface area contributed by atoms with Gasteiger partial charge in [-0.15, -0.1) is 0 Å². The molecule has 2 unspecified atom stereocenters. The lowest BCUT2D eigenvalue weighted by molar-refractivity contribution is -0.347. The van der Waals surface area contributed by atoms with Crippen LogP contribution in [0.3, 0.4) is 0 Å². The molecule has 0 aromatic carbocycles. The van der Waals surface area contributed by atoms with Gasteiger partial charge in [-0.05, 0) is 6.42 Å². The fourth-order valence-corrected chi connectivity index (χ4v) is 9.14. The highest BCUT2D eigenvalue weighted by Gasteiger charge is 2.47. The normalized spacial score (nSPS) is 20.3. The molecule has 1 saturated heterocycles. The molecule has 3 rings (SSSR count). The number of phosphoric acid groups is 3. The summed E-state index contributed by atoms with van der Waals surface area (Å²) in [5.41, 5.74) is 3.98. The van der Waals surface area contributed by atoms with E-state index in [-0.39, 0.29) is 60.9 Å². The minimum absolute atomic E-state index is 0.0104. The number of thioether (sulfide) groups is 1. The number of nitrogens with two attached hydrogens (primary N) is 1. The quantitative estimate of drug-likeness (QED) is 0.0322. The molecule has 2 aromatic rings. The second-order valence-electron chi connectivity index (χ2n) is 14.8. The van der Waals surface area contributed by atoms with Crippen LogP contribution < -0.4 is 35.9 Å². The molecule has 31 heteroatoms. The van der Waals surface area contributed by atoms with Crippen LogP contribution in [0.1, 0.15) is 78.4 Å². The Morgan fingerprint density at radius 3 is 2.27 bits per heavy atom. The van der Waals surface area contributed by atoms with Crippen LogP contribution in [-0.2, 0) is 65.1 Å². The summed E-state index contributed by atoms with van der Waals surface area (Å²) < 4.78 is 60.5. The van der Waals surface area contributed by atoms with E-state index in [9.17, 15) is 72.2 Å². The number of hydrogen-bond donors (Lipinski definition) is 5. The van der Waals surface area contributed by atoms with Crippen molar-refractivity contribution in [2.24, 2.45) is 5.41 Å². The molecular formula is C33H48N7O20P3S-4. The first-order chi connectivity index (χ1) is 29.7. The van der Waals surface area contributed by atoms with Gasteiger partial charge in [-0.2, -0.15) is 0 Å². The zero-order chi connectivity index (χ0) is 48.0. The number of amides is 2. The van der Waals surface area contributed by atoms with Crippen LogP contribution in [-0.4, -0.2) is 120 Å². The molecule has 1 aliphatic heterocycles. The van der Waals surface area contributed by atoms with Crippen molar-refractivity contribution < 1.29 is 94.9 Å². The Morgan fingerprint density at radius 1 is 0.938 bits per heavy atom. The average molecular weight is 988 g/mol. The second kappa shape index (κ2) is 24.4. The van der Waals surface area contributed by atoms with Gasteiger partial charge in [-0.3, -0.25) is 42.5 Å². The third-order valence-electron chi connectivity index (χ3n) is 8.93. The van der Waals surface area contributed by atoms with E-state index in [1.54, 1.807) is 0 Å². The molecule has 0 saturated carbocycles. The number of nitrogens with one attached hydrogen (secondary N) is 2. The van der Waals surface area contributed by atoms with Crippen molar-refractivity contribution in [3.05, 3.63) is 12.7 Å². The molecule has 27 nitrogen and oxygen atoms in total. The molecule has 0 spiro atoms. The first kappa shape index (κ1) is 54.9. The van der Waals surface area contributed by atoms with Gasteiger partial charge in [0.05, 0.1) is 46.6 Å². The van der Waals surface area contributed by atoms with Gasteiger partial charge >= 0.3 is 0 Å². The maximum absolute atomic E-state index is 12.6. The van der Waals surface area contributed by atoms with Crippen LogP contribution in [0.25, 0.3) is 11.2 Å². The predicted molar refractivity (Wildman–Crippen MR) is 211 cm³/mol. The topological polar surface area (TPSA) is 426 Å². The van der Waals surface area contributed by atoms with Crippen LogP contribution >= 0.6 is 35.2 Å². The van der Waals surface area contributed by atoms with E-state index in [1.165, 1.54) is 0 Å². The Morgan fingerprint density at radius 2 is 1.59 bits per heavy atom. The molecule has 360 valence electrons. The van der Waals surface area contributed by atoms with Gasteiger partial charge in [0, 0.05) is 37.1 Å². The third kappa shape index (κ3) is 18.1. The van der Waals surface area contributed by atoms with E-state index in [2.05, 4.69) is 43.5 Å². The number of nitrogens with zero attached hydrogens (tertiary/aromatic N) is 4. The minimum Gasteiger partial charge on any atom is -0.790 e. The first-order valence-electron chi connectivity index (χ1n) is 19.3. The molecule has 64 heavy (non-hydrogen) atoms. The van der Waals surface area contributed by atoms with Crippen LogP contribution in [0.15, 0.2) is 12.7 Å². The molecule has 0 bridgehead atoms. The summed E-state index contributed by atoms with van der Waals surface area (Å²) >= 11 is 0.742. The molecule has 1 aliphatic rings. The van der Waals surface area contributed by atoms with E-state index in [0.717, 1.165) is 55.7 Å². The van der Waals surface area contributed by atoms with Crippen LogP contribution in [0, 0.1) is 5.41 Å². The molecule has 0 radical (unpaired) electrons. The predicted octanol–water partition coefficient (Wildman–Crippen LogP) is -2.41. The number of anilines is 1. The highest BCUT2D eigenvalue weighted by atomic mass is 32.2. The van der Waals surface area contributed by atoms with E-state index < -0.39 is 114 Å². The maximum Gasteiger partial charge on any atom is 0.274 e. The van der Waals surface area contributed by atoms with Crippen molar-refractivity contribution in [1.82, 2.24) is 30.2 Å². The lowest BCUT2D eigenvalue weighted by Gasteiger charge is -2.36. The SMILES string of the molecule is CCCCCC(=O)CC(=O)CC(=O)CC(=O)SCCNC(=O)CCNC(=O)[C@H](O)C(C)(C)COP(=O)([O-])OP(=O)([O-])OC[C@H]1O[C@@H](n2cnc3c(N)ncnc32)[C@H](O)[C@@H]1OP(=O)([O-])[O-]. The summed E-state index contributed by atoms with van der Waals surface area (Å²) in [4.78, 5) is 132. The lowest BCUT2D eigenvalue weighted by atomic mass is 9.87. The fourth-order valence-electron chi connectivity index (χ4n) is 5.71. The summed E-state index contributed by atoms with van der Waals surface area (Å²) in [6.45, 7) is 1.62. The van der Waals surface area contributed by atoms with Crippen molar-refractivity contribution in [3.8, 4) is 0 Å². The number of ketones is 3. The van der Waals surface area contributed by atoms with E-state index in [4.69, 9.17) is 10.5 Å². The lowest BCUT2D eigenvalue weighted by Crippen LogP contribution is -2.46. The molecule has 2 aromatic heterocycles. The highest BCUT2D eigenvalue weighted by molar-refractivity contribution is 8.13. The van der Waals surface area contributed by atoms with Gasteiger partial charge in [0.15, 0.2) is 22.8 Å². The highest BCUT2D eigenvalue weighted by Crippen LogP contribution is 2.56. The van der Waals surface area contributed by atoms with Crippen LogP contribution in [0.2, 0.25) is 0 Å².